The number of carbonyl (C=O) groups excluding carboxylic acids is 1. The average molecular weight is 317 g/mol. The van der Waals surface area contributed by atoms with Gasteiger partial charge in [0.1, 0.15) is 5.75 Å². The van der Waals surface area contributed by atoms with E-state index in [0.29, 0.717) is 12.5 Å². The van der Waals surface area contributed by atoms with Crippen molar-refractivity contribution < 1.29 is 14.6 Å². The van der Waals surface area contributed by atoms with Crippen molar-refractivity contribution in [3.63, 3.8) is 0 Å². The summed E-state index contributed by atoms with van der Waals surface area (Å²) in [6.07, 6.45) is 6.23. The first-order valence-electron chi connectivity index (χ1n) is 8.75. The Labute approximate surface area is 138 Å². The summed E-state index contributed by atoms with van der Waals surface area (Å²) in [7, 11) is 0. The Bertz CT molecular complexity index is 560. The number of carbonyl (C=O) groups is 1. The number of rotatable bonds is 7. The predicted octanol–water partition coefficient (Wildman–Crippen LogP) is 3.10. The van der Waals surface area contributed by atoms with Crippen LogP contribution >= 0.6 is 0 Å². The van der Waals surface area contributed by atoms with Gasteiger partial charge >= 0.3 is 0 Å². The number of nitrogens with one attached hydrogen (secondary N) is 1. The maximum Gasteiger partial charge on any atom is 0.223 e. The second kappa shape index (κ2) is 6.91. The molecule has 0 radical (unpaired) electrons. The fourth-order valence-corrected chi connectivity index (χ4v) is 3.20. The normalized spacial score (nSPS) is 19.6. The lowest BCUT2D eigenvalue weighted by molar-refractivity contribution is -0.126. The summed E-state index contributed by atoms with van der Waals surface area (Å²) in [5, 5.41) is 13.3. The zero-order chi connectivity index (χ0) is 16.3. The SMILES string of the molecule is Cc1ccc(CNC(=O)CC2(O)CCCC2)c(OCC2CC2)c1. The van der Waals surface area contributed by atoms with Gasteiger partial charge in [-0.1, -0.05) is 25.0 Å². The van der Waals surface area contributed by atoms with Gasteiger partial charge < -0.3 is 15.2 Å². The summed E-state index contributed by atoms with van der Waals surface area (Å²) < 4.78 is 5.93. The molecule has 0 atom stereocenters. The molecule has 0 saturated heterocycles. The van der Waals surface area contributed by atoms with Crippen molar-refractivity contribution in [3.05, 3.63) is 29.3 Å². The molecule has 0 aromatic heterocycles. The molecule has 0 unspecified atom stereocenters. The molecule has 23 heavy (non-hydrogen) atoms. The fraction of sp³-hybridized carbons (Fsp3) is 0.632. The van der Waals surface area contributed by atoms with Crippen LogP contribution in [0, 0.1) is 12.8 Å². The molecule has 0 heterocycles. The fourth-order valence-electron chi connectivity index (χ4n) is 3.20. The van der Waals surface area contributed by atoms with Crippen LogP contribution in [0.3, 0.4) is 0 Å². The Morgan fingerprint density at radius 3 is 2.78 bits per heavy atom. The molecule has 1 amide bonds. The lowest BCUT2D eigenvalue weighted by atomic mass is 9.97. The number of benzene rings is 1. The Hall–Kier alpha value is -1.55. The van der Waals surface area contributed by atoms with E-state index in [4.69, 9.17) is 4.74 Å². The van der Waals surface area contributed by atoms with Gasteiger partial charge in [0.15, 0.2) is 0 Å². The third kappa shape index (κ3) is 4.71. The van der Waals surface area contributed by atoms with Crippen molar-refractivity contribution in [2.24, 2.45) is 5.92 Å². The molecule has 2 aliphatic carbocycles. The molecule has 2 N–H and O–H groups in total. The van der Waals surface area contributed by atoms with Crippen molar-refractivity contribution in [2.75, 3.05) is 6.61 Å². The number of hydrogen-bond acceptors (Lipinski definition) is 3. The molecule has 1 aromatic carbocycles. The molecule has 2 saturated carbocycles. The first-order chi connectivity index (χ1) is 11.0. The molecule has 126 valence electrons. The van der Waals surface area contributed by atoms with Crippen LogP contribution in [0.15, 0.2) is 18.2 Å². The smallest absolute Gasteiger partial charge is 0.223 e. The van der Waals surface area contributed by atoms with Gasteiger partial charge in [-0.3, -0.25) is 4.79 Å². The van der Waals surface area contributed by atoms with E-state index in [9.17, 15) is 9.90 Å². The van der Waals surface area contributed by atoms with Gasteiger partial charge in [-0.25, -0.2) is 0 Å². The van der Waals surface area contributed by atoms with Crippen LogP contribution < -0.4 is 10.1 Å². The highest BCUT2D eigenvalue weighted by Crippen LogP contribution is 2.32. The second-order valence-corrected chi connectivity index (χ2v) is 7.25. The third-order valence-electron chi connectivity index (χ3n) is 4.89. The molecule has 3 rings (SSSR count). The minimum absolute atomic E-state index is 0.0804. The van der Waals surface area contributed by atoms with Crippen LogP contribution in [0.1, 0.15) is 56.1 Å². The highest BCUT2D eigenvalue weighted by Gasteiger charge is 2.33. The zero-order valence-electron chi connectivity index (χ0n) is 13.9. The molecule has 0 bridgehead atoms. The van der Waals surface area contributed by atoms with Gasteiger partial charge in [0.25, 0.3) is 0 Å². The van der Waals surface area contributed by atoms with Crippen LogP contribution in [0.25, 0.3) is 0 Å². The topological polar surface area (TPSA) is 58.6 Å². The van der Waals surface area contributed by atoms with E-state index in [1.165, 1.54) is 12.8 Å². The highest BCUT2D eigenvalue weighted by molar-refractivity contribution is 5.77. The zero-order valence-corrected chi connectivity index (χ0v) is 13.9. The van der Waals surface area contributed by atoms with Gasteiger partial charge in [-0.15, -0.1) is 0 Å². The van der Waals surface area contributed by atoms with Crippen molar-refractivity contribution in [3.8, 4) is 5.75 Å². The Morgan fingerprint density at radius 2 is 2.09 bits per heavy atom. The van der Waals surface area contributed by atoms with Gasteiger partial charge in [0.05, 0.1) is 18.6 Å². The number of aliphatic hydroxyl groups is 1. The summed E-state index contributed by atoms with van der Waals surface area (Å²) in [6.45, 7) is 3.27. The van der Waals surface area contributed by atoms with Crippen molar-refractivity contribution in [1.29, 1.82) is 0 Å². The average Bonchev–Trinajstić information content (AvgIpc) is 3.25. The molecule has 0 aliphatic heterocycles. The van der Waals surface area contributed by atoms with E-state index in [2.05, 4.69) is 5.32 Å². The number of ether oxygens (including phenoxy) is 1. The van der Waals surface area contributed by atoms with Gasteiger partial charge in [0, 0.05) is 12.1 Å². The van der Waals surface area contributed by atoms with Gasteiger partial charge in [-0.05, 0) is 50.2 Å². The summed E-state index contributed by atoms with van der Waals surface area (Å²) in [4.78, 5) is 12.1. The van der Waals surface area contributed by atoms with Crippen LogP contribution in [0.2, 0.25) is 0 Å². The Morgan fingerprint density at radius 1 is 1.35 bits per heavy atom. The first kappa shape index (κ1) is 16.3. The van der Waals surface area contributed by atoms with E-state index < -0.39 is 5.60 Å². The van der Waals surface area contributed by atoms with Crippen molar-refractivity contribution in [1.82, 2.24) is 5.32 Å². The molecular weight excluding hydrogens is 290 g/mol. The van der Waals surface area contributed by atoms with Crippen LogP contribution in [-0.2, 0) is 11.3 Å². The second-order valence-electron chi connectivity index (χ2n) is 7.25. The maximum absolute atomic E-state index is 12.1. The minimum atomic E-state index is -0.789. The number of aryl methyl sites for hydroxylation is 1. The molecule has 4 nitrogen and oxygen atoms in total. The molecule has 2 fully saturated rings. The lowest BCUT2D eigenvalue weighted by Gasteiger charge is -2.21. The lowest BCUT2D eigenvalue weighted by Crippen LogP contribution is -2.34. The largest absolute Gasteiger partial charge is 0.493 e. The molecule has 4 heteroatoms. The van der Waals surface area contributed by atoms with Crippen LogP contribution in [0.5, 0.6) is 5.75 Å². The standard InChI is InChI=1S/C19H27NO3/c1-14-4-7-16(17(10-14)23-13-15-5-6-15)12-20-18(21)11-19(22)8-2-3-9-19/h4,7,10,15,22H,2-3,5-6,8-9,11-13H2,1H3,(H,20,21). The van der Waals surface area contributed by atoms with E-state index in [-0.39, 0.29) is 12.3 Å². The van der Waals surface area contributed by atoms with E-state index in [1.54, 1.807) is 0 Å². The summed E-state index contributed by atoms with van der Waals surface area (Å²) in [6, 6.07) is 6.09. The molecule has 0 spiro atoms. The van der Waals surface area contributed by atoms with Crippen molar-refractivity contribution >= 4 is 5.91 Å². The summed E-state index contributed by atoms with van der Waals surface area (Å²) >= 11 is 0. The monoisotopic (exact) mass is 317 g/mol. The highest BCUT2D eigenvalue weighted by atomic mass is 16.5. The van der Waals surface area contributed by atoms with Crippen LogP contribution in [0.4, 0.5) is 0 Å². The van der Waals surface area contributed by atoms with E-state index in [1.807, 2.05) is 25.1 Å². The molecular formula is C19H27NO3. The summed E-state index contributed by atoms with van der Waals surface area (Å²) in [5.41, 5.74) is 1.37. The van der Waals surface area contributed by atoms with Gasteiger partial charge in [-0.2, -0.15) is 0 Å². The predicted molar refractivity (Wildman–Crippen MR) is 89.3 cm³/mol. The van der Waals surface area contributed by atoms with Gasteiger partial charge in [0.2, 0.25) is 5.91 Å². The number of amides is 1. The minimum Gasteiger partial charge on any atom is -0.493 e. The number of hydrogen-bond donors (Lipinski definition) is 2. The summed E-state index contributed by atoms with van der Waals surface area (Å²) in [5.74, 6) is 1.49. The Kier molecular flexibility index (Phi) is 4.90. The van der Waals surface area contributed by atoms with E-state index >= 15 is 0 Å². The quantitative estimate of drug-likeness (QED) is 0.812. The maximum atomic E-state index is 12.1. The first-order valence-corrected chi connectivity index (χ1v) is 8.75. The third-order valence-corrected chi connectivity index (χ3v) is 4.89. The van der Waals surface area contributed by atoms with E-state index in [0.717, 1.165) is 49.2 Å². The molecule has 1 aromatic rings. The Balaban J connectivity index is 1.54. The van der Waals surface area contributed by atoms with Crippen LogP contribution in [-0.4, -0.2) is 23.2 Å². The molecule has 2 aliphatic rings. The van der Waals surface area contributed by atoms with Crippen molar-refractivity contribution in [2.45, 2.75) is 64.0 Å².